The van der Waals surface area contributed by atoms with Crippen LogP contribution in [0.2, 0.25) is 5.02 Å². The van der Waals surface area contributed by atoms with E-state index in [1.807, 2.05) is 13.0 Å². The lowest BCUT2D eigenvalue weighted by atomic mass is 10.2. The van der Waals surface area contributed by atoms with Gasteiger partial charge in [0.1, 0.15) is 12.0 Å². The number of nitriles is 1. The van der Waals surface area contributed by atoms with Crippen LogP contribution < -0.4 is 15.8 Å². The van der Waals surface area contributed by atoms with Crippen LogP contribution in [0.1, 0.15) is 12.5 Å². The smallest absolute Gasteiger partial charge is 0.242 e. The number of aromatic nitrogens is 2. The molecular weight excluding hydrogens is 278 g/mol. The third kappa shape index (κ3) is 2.90. The molecule has 0 unspecified atom stereocenters. The summed E-state index contributed by atoms with van der Waals surface area (Å²) < 4.78 is 5.29. The lowest BCUT2D eigenvalue weighted by molar-refractivity contribution is 0.328. The second-order valence-electron chi connectivity index (χ2n) is 3.81. The Morgan fingerprint density at radius 1 is 1.45 bits per heavy atom. The molecule has 2 rings (SSSR count). The molecule has 102 valence electrons. The quantitative estimate of drug-likeness (QED) is 0.898. The molecule has 3 N–H and O–H groups in total. The first-order chi connectivity index (χ1) is 9.65. The first-order valence-corrected chi connectivity index (χ1v) is 6.23. The van der Waals surface area contributed by atoms with Crippen LogP contribution in [0.3, 0.4) is 0 Å². The largest absolute Gasteiger partial charge is 0.476 e. The summed E-state index contributed by atoms with van der Waals surface area (Å²) in [7, 11) is 0. The van der Waals surface area contributed by atoms with E-state index in [1.54, 1.807) is 18.2 Å². The van der Waals surface area contributed by atoms with E-state index < -0.39 is 0 Å². The van der Waals surface area contributed by atoms with Gasteiger partial charge in [0.2, 0.25) is 5.88 Å². The minimum atomic E-state index is 0.285. The van der Waals surface area contributed by atoms with Crippen LogP contribution in [-0.2, 0) is 0 Å². The topological polar surface area (TPSA) is 96.9 Å². The molecule has 6 nitrogen and oxygen atoms in total. The lowest BCUT2D eigenvalue weighted by Gasteiger charge is -2.12. The van der Waals surface area contributed by atoms with Gasteiger partial charge in [0.25, 0.3) is 0 Å². The molecule has 0 aliphatic heterocycles. The van der Waals surface area contributed by atoms with Crippen molar-refractivity contribution < 1.29 is 4.74 Å². The highest BCUT2D eigenvalue weighted by Crippen LogP contribution is 2.31. The van der Waals surface area contributed by atoms with Crippen molar-refractivity contribution in [3.8, 4) is 11.9 Å². The van der Waals surface area contributed by atoms with E-state index in [9.17, 15) is 0 Å². The highest BCUT2D eigenvalue weighted by atomic mass is 35.5. The van der Waals surface area contributed by atoms with Gasteiger partial charge in [-0.25, -0.2) is 4.98 Å². The molecule has 0 bridgehead atoms. The maximum Gasteiger partial charge on any atom is 0.242 e. The molecule has 0 saturated heterocycles. The number of anilines is 3. The third-order valence-corrected chi connectivity index (χ3v) is 2.81. The SMILES string of the molecule is CCOc1ncnc(Nc2cc(C#N)ccc2Cl)c1N. The Balaban J connectivity index is 2.35. The molecule has 0 amide bonds. The van der Waals surface area contributed by atoms with E-state index in [2.05, 4.69) is 15.3 Å². The first kappa shape index (κ1) is 13.9. The van der Waals surface area contributed by atoms with Crippen molar-refractivity contribution in [1.29, 1.82) is 5.26 Å². The predicted molar refractivity (Wildman–Crippen MR) is 77.1 cm³/mol. The van der Waals surface area contributed by atoms with Gasteiger partial charge in [-0.15, -0.1) is 0 Å². The summed E-state index contributed by atoms with van der Waals surface area (Å²) in [6, 6.07) is 6.91. The minimum Gasteiger partial charge on any atom is -0.476 e. The maximum absolute atomic E-state index is 8.90. The van der Waals surface area contributed by atoms with Crippen LogP contribution in [0.15, 0.2) is 24.5 Å². The van der Waals surface area contributed by atoms with Gasteiger partial charge in [0, 0.05) is 0 Å². The fraction of sp³-hybridized carbons (Fsp3) is 0.154. The van der Waals surface area contributed by atoms with Crippen LogP contribution in [0, 0.1) is 11.3 Å². The van der Waals surface area contributed by atoms with Gasteiger partial charge in [-0.3, -0.25) is 0 Å². The summed E-state index contributed by atoms with van der Waals surface area (Å²) in [6.45, 7) is 2.28. The molecule has 0 spiro atoms. The van der Waals surface area contributed by atoms with Crippen molar-refractivity contribution in [1.82, 2.24) is 9.97 Å². The predicted octanol–water partition coefficient (Wildman–Crippen LogP) is 2.73. The first-order valence-electron chi connectivity index (χ1n) is 5.85. The number of nitrogens with one attached hydrogen (secondary N) is 1. The monoisotopic (exact) mass is 289 g/mol. The number of nitrogens with two attached hydrogens (primary N) is 1. The molecule has 1 aromatic carbocycles. The molecule has 20 heavy (non-hydrogen) atoms. The van der Waals surface area contributed by atoms with Gasteiger partial charge < -0.3 is 15.8 Å². The Morgan fingerprint density at radius 2 is 2.25 bits per heavy atom. The number of hydrogen-bond donors (Lipinski definition) is 2. The molecule has 0 fully saturated rings. The van der Waals surface area contributed by atoms with E-state index in [0.29, 0.717) is 34.6 Å². The molecule has 7 heteroatoms. The number of ether oxygens (including phenoxy) is 1. The van der Waals surface area contributed by atoms with Crippen LogP contribution in [0.25, 0.3) is 0 Å². The summed E-state index contributed by atoms with van der Waals surface area (Å²) in [5.74, 6) is 0.679. The Labute approximate surface area is 121 Å². The van der Waals surface area contributed by atoms with E-state index in [0.717, 1.165) is 0 Å². The van der Waals surface area contributed by atoms with E-state index in [4.69, 9.17) is 27.3 Å². The Morgan fingerprint density at radius 3 is 2.95 bits per heavy atom. The Hall–Kier alpha value is -2.52. The van der Waals surface area contributed by atoms with Crippen LogP contribution in [0.4, 0.5) is 17.2 Å². The zero-order chi connectivity index (χ0) is 14.5. The average Bonchev–Trinajstić information content (AvgIpc) is 2.45. The van der Waals surface area contributed by atoms with Crippen LogP contribution >= 0.6 is 11.6 Å². The molecular formula is C13H12ClN5O. The van der Waals surface area contributed by atoms with E-state index >= 15 is 0 Å². The van der Waals surface area contributed by atoms with Crippen molar-refractivity contribution in [2.75, 3.05) is 17.7 Å². The minimum absolute atomic E-state index is 0.285. The van der Waals surface area contributed by atoms with Gasteiger partial charge in [-0.1, -0.05) is 11.6 Å². The second kappa shape index (κ2) is 6.08. The van der Waals surface area contributed by atoms with Crippen molar-refractivity contribution >= 4 is 28.8 Å². The highest BCUT2D eigenvalue weighted by molar-refractivity contribution is 6.33. The molecule has 1 aromatic heterocycles. The van der Waals surface area contributed by atoms with Gasteiger partial charge in [-0.2, -0.15) is 10.2 Å². The molecule has 2 aromatic rings. The molecule has 0 aliphatic rings. The Bertz CT molecular complexity index is 668. The van der Waals surface area contributed by atoms with E-state index in [-0.39, 0.29) is 5.69 Å². The van der Waals surface area contributed by atoms with Gasteiger partial charge >= 0.3 is 0 Å². The van der Waals surface area contributed by atoms with Crippen molar-refractivity contribution in [3.63, 3.8) is 0 Å². The van der Waals surface area contributed by atoms with Gasteiger partial charge in [0.05, 0.1) is 28.9 Å². The number of rotatable bonds is 4. The lowest BCUT2D eigenvalue weighted by Crippen LogP contribution is -2.05. The summed E-state index contributed by atoms with van der Waals surface area (Å²) >= 11 is 6.07. The summed E-state index contributed by atoms with van der Waals surface area (Å²) in [6.07, 6.45) is 1.34. The third-order valence-electron chi connectivity index (χ3n) is 2.48. The van der Waals surface area contributed by atoms with Crippen LogP contribution in [0.5, 0.6) is 5.88 Å². The van der Waals surface area contributed by atoms with E-state index in [1.165, 1.54) is 6.33 Å². The number of nitrogen functional groups attached to an aromatic ring is 1. The average molecular weight is 290 g/mol. The molecule has 0 atom stereocenters. The molecule has 0 radical (unpaired) electrons. The normalized spacial score (nSPS) is 9.85. The number of benzene rings is 1. The fourth-order valence-electron chi connectivity index (χ4n) is 1.55. The molecule has 1 heterocycles. The van der Waals surface area contributed by atoms with Crippen molar-refractivity contribution in [2.45, 2.75) is 6.92 Å². The standard InChI is InChI=1S/C13H12ClN5O/c1-2-20-13-11(16)12(17-7-18-13)19-10-5-8(6-15)3-4-9(10)14/h3-5,7H,2,16H2,1H3,(H,17,18,19). The van der Waals surface area contributed by atoms with Crippen molar-refractivity contribution in [2.24, 2.45) is 0 Å². The zero-order valence-corrected chi connectivity index (χ0v) is 11.5. The van der Waals surface area contributed by atoms with Gasteiger partial charge in [-0.05, 0) is 25.1 Å². The number of halogens is 1. The molecule has 0 saturated carbocycles. The summed E-state index contributed by atoms with van der Waals surface area (Å²) in [5.41, 5.74) is 7.22. The second-order valence-corrected chi connectivity index (χ2v) is 4.21. The molecule has 0 aliphatic carbocycles. The highest BCUT2D eigenvalue weighted by Gasteiger charge is 2.11. The Kier molecular flexibility index (Phi) is 4.23. The van der Waals surface area contributed by atoms with Crippen molar-refractivity contribution in [3.05, 3.63) is 35.1 Å². The summed E-state index contributed by atoms with van der Waals surface area (Å²) in [4.78, 5) is 7.99. The summed E-state index contributed by atoms with van der Waals surface area (Å²) in [5, 5.41) is 12.3. The number of nitrogens with zero attached hydrogens (tertiary/aromatic N) is 3. The zero-order valence-electron chi connectivity index (χ0n) is 10.7. The van der Waals surface area contributed by atoms with Gasteiger partial charge in [0.15, 0.2) is 5.82 Å². The maximum atomic E-state index is 8.90. The fourth-order valence-corrected chi connectivity index (χ4v) is 1.71. The van der Waals surface area contributed by atoms with Crippen LogP contribution in [-0.4, -0.2) is 16.6 Å². The number of hydrogen-bond acceptors (Lipinski definition) is 6.